The van der Waals surface area contributed by atoms with E-state index in [0.717, 1.165) is 17.1 Å². The molecule has 0 amide bonds. The lowest BCUT2D eigenvalue weighted by molar-refractivity contribution is -0.0498. The first-order valence-corrected chi connectivity index (χ1v) is 10.2. The number of ether oxygens (including phenoxy) is 2. The number of halogens is 4. The van der Waals surface area contributed by atoms with Gasteiger partial charge in [-0.05, 0) is 85.2 Å². The molecule has 0 spiro atoms. The largest absolute Gasteiger partial charge is 0.481 e. The molecule has 4 nitrogen and oxygen atoms in total. The van der Waals surface area contributed by atoms with E-state index < -0.39 is 12.7 Å². The van der Waals surface area contributed by atoms with Gasteiger partial charge in [-0.3, -0.25) is 4.79 Å². The van der Waals surface area contributed by atoms with E-state index in [2.05, 4.69) is 20.7 Å². The maximum atomic E-state index is 13.0. The summed E-state index contributed by atoms with van der Waals surface area (Å²) in [6.45, 7) is 2.51. The second kappa shape index (κ2) is 9.18. The number of hydrogen-bond donors (Lipinski definition) is 0. The normalized spacial score (nSPS) is 12.1. The number of aryl methyl sites for hydroxylation is 1. The number of nitrogens with zero attached hydrogens (tertiary/aromatic N) is 1. The Morgan fingerprint density at radius 1 is 1.07 bits per heavy atom. The van der Waals surface area contributed by atoms with Crippen LogP contribution in [0, 0.1) is 13.8 Å². The second-order valence-corrected chi connectivity index (χ2v) is 7.98. The third-order valence-corrected chi connectivity index (χ3v) is 5.44. The number of benzene rings is 2. The standard InChI is InChI=1S/C22H19BrClF2NO3/c1-12-10-18(21(28)14(3)29-20-9-4-15(24)11-19(20)23)13(2)27(12)16-5-7-17(8-6-16)30-22(25)26/h4-11,14,22H,1-3H3. The molecule has 3 aromatic rings. The molecular formula is C22H19BrClF2NO3. The van der Waals surface area contributed by atoms with Crippen LogP contribution < -0.4 is 9.47 Å². The van der Waals surface area contributed by atoms with Crippen LogP contribution in [0.5, 0.6) is 11.5 Å². The molecule has 0 fully saturated rings. The van der Waals surface area contributed by atoms with Gasteiger partial charge in [-0.25, -0.2) is 0 Å². The van der Waals surface area contributed by atoms with Crippen molar-refractivity contribution in [1.82, 2.24) is 4.57 Å². The smallest absolute Gasteiger partial charge is 0.387 e. The van der Waals surface area contributed by atoms with Gasteiger partial charge in [0.2, 0.25) is 5.78 Å². The average Bonchev–Trinajstić information content (AvgIpc) is 2.98. The Balaban J connectivity index is 1.84. The van der Waals surface area contributed by atoms with Crippen molar-refractivity contribution >= 4 is 33.3 Å². The van der Waals surface area contributed by atoms with Crippen molar-refractivity contribution in [2.45, 2.75) is 33.5 Å². The Hall–Kier alpha value is -2.38. The Morgan fingerprint density at radius 3 is 2.33 bits per heavy atom. The molecule has 0 N–H and O–H groups in total. The van der Waals surface area contributed by atoms with Gasteiger partial charge < -0.3 is 14.0 Å². The number of carbonyl (C=O) groups excluding carboxylic acids is 1. The van der Waals surface area contributed by atoms with Crippen LogP contribution in [0.2, 0.25) is 5.02 Å². The van der Waals surface area contributed by atoms with Crippen molar-refractivity contribution in [2.75, 3.05) is 0 Å². The number of alkyl halides is 2. The van der Waals surface area contributed by atoms with Crippen LogP contribution >= 0.6 is 27.5 Å². The molecule has 1 heterocycles. The van der Waals surface area contributed by atoms with Gasteiger partial charge in [0.05, 0.1) is 4.47 Å². The molecule has 0 radical (unpaired) electrons. The molecule has 0 aliphatic carbocycles. The Kier molecular flexibility index (Phi) is 6.83. The van der Waals surface area contributed by atoms with Gasteiger partial charge in [0.15, 0.2) is 6.10 Å². The highest BCUT2D eigenvalue weighted by Gasteiger charge is 2.23. The summed E-state index contributed by atoms with van der Waals surface area (Å²) in [6, 6.07) is 13.1. The van der Waals surface area contributed by atoms with Crippen LogP contribution in [0.4, 0.5) is 8.78 Å². The summed E-state index contributed by atoms with van der Waals surface area (Å²) in [5.41, 5.74) is 2.82. The lowest BCUT2D eigenvalue weighted by atomic mass is 10.1. The summed E-state index contributed by atoms with van der Waals surface area (Å²) in [5.74, 6) is 0.417. The molecule has 0 aliphatic rings. The van der Waals surface area contributed by atoms with Gasteiger partial charge in [-0.15, -0.1) is 0 Å². The van der Waals surface area contributed by atoms with Crippen molar-refractivity contribution in [3.63, 3.8) is 0 Å². The molecule has 1 unspecified atom stereocenters. The lowest BCUT2D eigenvalue weighted by Crippen LogP contribution is -2.24. The van der Waals surface area contributed by atoms with Crippen LogP contribution in [0.3, 0.4) is 0 Å². The maximum Gasteiger partial charge on any atom is 0.387 e. The molecule has 2 aromatic carbocycles. The number of carbonyl (C=O) groups is 1. The number of hydrogen-bond acceptors (Lipinski definition) is 3. The van der Waals surface area contributed by atoms with Crippen molar-refractivity contribution in [1.29, 1.82) is 0 Å². The van der Waals surface area contributed by atoms with E-state index >= 15 is 0 Å². The zero-order valence-electron chi connectivity index (χ0n) is 16.5. The molecule has 0 saturated carbocycles. The molecule has 1 atom stereocenters. The number of rotatable bonds is 7. The SMILES string of the molecule is Cc1cc(C(=O)C(C)Oc2ccc(Cl)cc2Br)c(C)n1-c1ccc(OC(F)F)cc1. The van der Waals surface area contributed by atoms with E-state index in [0.29, 0.717) is 20.8 Å². The van der Waals surface area contributed by atoms with Crippen molar-refractivity contribution < 1.29 is 23.0 Å². The second-order valence-electron chi connectivity index (χ2n) is 6.69. The molecule has 158 valence electrons. The molecule has 0 saturated heterocycles. The molecule has 3 rings (SSSR count). The first kappa shape index (κ1) is 22.3. The van der Waals surface area contributed by atoms with E-state index in [9.17, 15) is 13.6 Å². The highest BCUT2D eigenvalue weighted by Crippen LogP contribution is 2.30. The quantitative estimate of drug-likeness (QED) is 0.338. The van der Waals surface area contributed by atoms with Crippen molar-refractivity contribution in [3.05, 3.63) is 75.0 Å². The summed E-state index contributed by atoms with van der Waals surface area (Å²) < 4.78 is 37.5. The lowest BCUT2D eigenvalue weighted by Gasteiger charge is -2.15. The van der Waals surface area contributed by atoms with Crippen LogP contribution in [0.25, 0.3) is 5.69 Å². The van der Waals surface area contributed by atoms with Crippen LogP contribution in [-0.2, 0) is 0 Å². The molecule has 0 bridgehead atoms. The molecule has 30 heavy (non-hydrogen) atoms. The van der Waals surface area contributed by atoms with Crippen molar-refractivity contribution in [2.24, 2.45) is 0 Å². The van der Waals surface area contributed by atoms with Crippen LogP contribution in [0.15, 0.2) is 53.0 Å². The average molecular weight is 499 g/mol. The van der Waals surface area contributed by atoms with Gasteiger partial charge in [0.1, 0.15) is 11.5 Å². The fraction of sp³-hybridized carbons (Fsp3) is 0.227. The Morgan fingerprint density at radius 2 is 1.73 bits per heavy atom. The monoisotopic (exact) mass is 497 g/mol. The van der Waals surface area contributed by atoms with E-state index in [1.807, 2.05) is 18.4 Å². The van der Waals surface area contributed by atoms with E-state index in [-0.39, 0.29) is 11.5 Å². The first-order valence-electron chi connectivity index (χ1n) is 9.07. The number of aromatic nitrogens is 1. The van der Waals surface area contributed by atoms with E-state index in [4.69, 9.17) is 16.3 Å². The Labute approximate surface area is 186 Å². The van der Waals surface area contributed by atoms with Gasteiger partial charge in [-0.2, -0.15) is 8.78 Å². The summed E-state index contributed by atoms with van der Waals surface area (Å²) in [7, 11) is 0. The summed E-state index contributed by atoms with van der Waals surface area (Å²) >= 11 is 9.33. The molecular weight excluding hydrogens is 480 g/mol. The topological polar surface area (TPSA) is 40.5 Å². The Bertz CT molecular complexity index is 1070. The molecule has 1 aromatic heterocycles. The van der Waals surface area contributed by atoms with Crippen LogP contribution in [0.1, 0.15) is 28.7 Å². The summed E-state index contributed by atoms with van der Waals surface area (Å²) in [5, 5.41) is 0.557. The van der Waals surface area contributed by atoms with E-state index in [1.54, 1.807) is 43.3 Å². The van der Waals surface area contributed by atoms with E-state index in [1.165, 1.54) is 12.1 Å². The maximum absolute atomic E-state index is 13.0. The first-order chi connectivity index (χ1) is 14.2. The fourth-order valence-corrected chi connectivity index (χ4v) is 4.00. The predicted molar refractivity (Wildman–Crippen MR) is 115 cm³/mol. The third kappa shape index (κ3) is 4.84. The zero-order valence-corrected chi connectivity index (χ0v) is 18.8. The highest BCUT2D eigenvalue weighted by molar-refractivity contribution is 9.10. The van der Waals surface area contributed by atoms with Gasteiger partial charge in [0, 0.05) is 27.7 Å². The summed E-state index contributed by atoms with van der Waals surface area (Å²) in [6.07, 6.45) is -0.724. The minimum atomic E-state index is -2.88. The minimum Gasteiger partial charge on any atom is -0.481 e. The molecule has 0 aliphatic heterocycles. The van der Waals surface area contributed by atoms with Crippen LogP contribution in [-0.4, -0.2) is 23.1 Å². The summed E-state index contributed by atoms with van der Waals surface area (Å²) in [4.78, 5) is 13.0. The third-order valence-electron chi connectivity index (χ3n) is 4.58. The molecule has 8 heteroatoms. The van der Waals surface area contributed by atoms with Crippen molar-refractivity contribution in [3.8, 4) is 17.2 Å². The van der Waals surface area contributed by atoms with Gasteiger partial charge in [-0.1, -0.05) is 11.6 Å². The highest BCUT2D eigenvalue weighted by atomic mass is 79.9. The number of ketones is 1. The predicted octanol–water partition coefficient (Wildman–Crippen LogP) is 6.76. The number of Topliss-reactive ketones (excluding diaryl/α,β-unsaturated/α-hetero) is 1. The zero-order chi connectivity index (χ0) is 22.0. The minimum absolute atomic E-state index is 0.0723. The van der Waals surface area contributed by atoms with Gasteiger partial charge in [0.25, 0.3) is 0 Å². The fourth-order valence-electron chi connectivity index (χ4n) is 3.22. The van der Waals surface area contributed by atoms with Gasteiger partial charge >= 0.3 is 6.61 Å².